The van der Waals surface area contributed by atoms with E-state index in [0.29, 0.717) is 31.6 Å². The molecule has 1 N–H and O–H groups in total. The van der Waals surface area contributed by atoms with Crippen molar-refractivity contribution >= 4 is 21.9 Å². The van der Waals surface area contributed by atoms with Gasteiger partial charge in [0.15, 0.2) is 11.6 Å². The molecular formula is C32H34F2N4O3. The van der Waals surface area contributed by atoms with Crippen molar-refractivity contribution in [2.75, 3.05) is 20.3 Å². The van der Waals surface area contributed by atoms with E-state index in [2.05, 4.69) is 15.7 Å². The van der Waals surface area contributed by atoms with Gasteiger partial charge in [-0.2, -0.15) is 9.49 Å². The second-order valence-electron chi connectivity index (χ2n) is 11.4. The predicted octanol–water partition coefficient (Wildman–Crippen LogP) is 6.43. The first kappa shape index (κ1) is 27.4. The molecule has 0 bridgehead atoms. The third-order valence-corrected chi connectivity index (χ3v) is 8.35. The van der Waals surface area contributed by atoms with Crippen LogP contribution < -0.4 is 4.74 Å². The highest BCUT2D eigenvalue weighted by atomic mass is 19.2. The van der Waals surface area contributed by atoms with Crippen LogP contribution in [0.4, 0.5) is 8.78 Å². The highest BCUT2D eigenvalue weighted by Crippen LogP contribution is 2.43. The number of pyridine rings is 1. The number of aliphatic hydroxyl groups is 1. The third-order valence-electron chi connectivity index (χ3n) is 8.35. The molecule has 0 radical (unpaired) electrons. The molecule has 0 amide bonds. The van der Waals surface area contributed by atoms with Crippen molar-refractivity contribution in [1.29, 1.82) is 0 Å². The van der Waals surface area contributed by atoms with E-state index >= 15 is 8.78 Å². The number of hydrogen-bond donors (Lipinski definition) is 1. The molecule has 1 unspecified atom stereocenters. The van der Waals surface area contributed by atoms with Gasteiger partial charge in [0.05, 0.1) is 47.2 Å². The second kappa shape index (κ2) is 10.2. The summed E-state index contributed by atoms with van der Waals surface area (Å²) in [6.07, 6.45) is 5.00. The SMILES string of the molecule is COc1ccc(C(C2CCOCC2)n2c3cc(C(C)(C)O)ccc3c3ncc(-c4c(C)cnn4C)cc32)c(F)c1F. The minimum atomic E-state index is -1.11. The average Bonchev–Trinajstić information content (AvgIpc) is 3.46. The van der Waals surface area contributed by atoms with Gasteiger partial charge in [-0.1, -0.05) is 18.2 Å². The number of methoxy groups -OCH3 is 1. The molecular weight excluding hydrogens is 526 g/mol. The third kappa shape index (κ3) is 4.57. The molecule has 2 aromatic carbocycles. The standard InChI is InChI=1S/C32H34F2N4O3/c1-18-16-36-37(4)30(18)20-14-25-29(35-17-20)22-7-6-21(32(2,3)39)15-24(22)38(25)31(19-10-12-41-13-11-19)23-8-9-26(40-5)28(34)27(23)33/h6-9,14-17,19,31,39H,10-13H2,1-5H3. The summed E-state index contributed by atoms with van der Waals surface area (Å²) in [5, 5.41) is 16.2. The van der Waals surface area contributed by atoms with Crippen molar-refractivity contribution in [2.45, 2.75) is 45.3 Å². The van der Waals surface area contributed by atoms with Gasteiger partial charge in [0, 0.05) is 43.0 Å². The van der Waals surface area contributed by atoms with Gasteiger partial charge in [-0.25, -0.2) is 4.39 Å². The molecule has 41 heavy (non-hydrogen) atoms. The Bertz CT molecular complexity index is 1740. The zero-order valence-corrected chi connectivity index (χ0v) is 23.9. The number of benzene rings is 2. The number of rotatable bonds is 6. The first-order chi connectivity index (χ1) is 19.6. The Kier molecular flexibility index (Phi) is 6.82. The van der Waals surface area contributed by atoms with Crippen molar-refractivity contribution in [3.8, 4) is 17.0 Å². The lowest BCUT2D eigenvalue weighted by Gasteiger charge is -2.33. The minimum absolute atomic E-state index is 0.0438. The minimum Gasteiger partial charge on any atom is -0.494 e. The van der Waals surface area contributed by atoms with Crippen molar-refractivity contribution in [3.63, 3.8) is 0 Å². The molecule has 7 nitrogen and oxygen atoms in total. The molecule has 1 fully saturated rings. The summed E-state index contributed by atoms with van der Waals surface area (Å²) in [6, 6.07) is 10.4. The zero-order chi connectivity index (χ0) is 29.1. The summed E-state index contributed by atoms with van der Waals surface area (Å²) < 4.78 is 45.8. The van der Waals surface area contributed by atoms with Crippen LogP contribution in [0, 0.1) is 24.5 Å². The Morgan fingerprint density at radius 1 is 1.05 bits per heavy atom. The van der Waals surface area contributed by atoms with E-state index < -0.39 is 23.3 Å². The van der Waals surface area contributed by atoms with Gasteiger partial charge in [0.1, 0.15) is 0 Å². The lowest BCUT2D eigenvalue weighted by atomic mass is 9.86. The normalized spacial score (nSPS) is 15.6. The maximum Gasteiger partial charge on any atom is 0.200 e. The Labute approximate surface area is 237 Å². The van der Waals surface area contributed by atoms with Crippen LogP contribution >= 0.6 is 0 Å². The molecule has 3 aromatic heterocycles. The number of aromatic nitrogens is 4. The molecule has 6 rings (SSSR count). The van der Waals surface area contributed by atoms with Crippen molar-refractivity contribution in [1.82, 2.24) is 19.3 Å². The molecule has 0 spiro atoms. The average molecular weight is 561 g/mol. The van der Waals surface area contributed by atoms with Crippen LogP contribution in [0.25, 0.3) is 33.2 Å². The van der Waals surface area contributed by atoms with Gasteiger partial charge in [-0.3, -0.25) is 9.67 Å². The van der Waals surface area contributed by atoms with Crippen molar-refractivity contribution in [2.24, 2.45) is 13.0 Å². The van der Waals surface area contributed by atoms with Gasteiger partial charge in [0.2, 0.25) is 5.82 Å². The molecule has 1 aliphatic heterocycles. The van der Waals surface area contributed by atoms with Crippen LogP contribution in [0.1, 0.15) is 49.4 Å². The highest BCUT2D eigenvalue weighted by molar-refractivity contribution is 6.07. The van der Waals surface area contributed by atoms with E-state index in [4.69, 9.17) is 14.5 Å². The smallest absolute Gasteiger partial charge is 0.200 e. The summed E-state index contributed by atoms with van der Waals surface area (Å²) in [7, 11) is 3.21. The van der Waals surface area contributed by atoms with E-state index in [0.717, 1.165) is 38.8 Å². The Balaban J connectivity index is 1.72. The summed E-state index contributed by atoms with van der Waals surface area (Å²) in [4.78, 5) is 4.91. The van der Waals surface area contributed by atoms with Gasteiger partial charge in [-0.05, 0) is 68.9 Å². The topological polar surface area (TPSA) is 74.3 Å². The Morgan fingerprint density at radius 3 is 2.46 bits per heavy atom. The Morgan fingerprint density at radius 2 is 1.80 bits per heavy atom. The first-order valence-electron chi connectivity index (χ1n) is 13.8. The molecule has 214 valence electrons. The first-order valence-corrected chi connectivity index (χ1v) is 13.8. The van der Waals surface area contributed by atoms with E-state index in [1.165, 1.54) is 13.2 Å². The Hall–Kier alpha value is -3.82. The molecule has 1 saturated heterocycles. The van der Waals surface area contributed by atoms with E-state index in [9.17, 15) is 5.11 Å². The van der Waals surface area contributed by atoms with E-state index in [1.54, 1.807) is 19.9 Å². The van der Waals surface area contributed by atoms with Crippen LogP contribution in [-0.2, 0) is 17.4 Å². The lowest BCUT2D eigenvalue weighted by Crippen LogP contribution is -2.28. The number of ether oxygens (including phenoxy) is 2. The number of nitrogens with zero attached hydrogens (tertiary/aromatic N) is 4. The molecule has 9 heteroatoms. The number of hydrogen-bond acceptors (Lipinski definition) is 5. The maximum absolute atomic E-state index is 16.0. The molecule has 5 aromatic rings. The summed E-state index contributed by atoms with van der Waals surface area (Å²) in [6.45, 7) is 6.53. The van der Waals surface area contributed by atoms with Crippen LogP contribution in [-0.4, -0.2) is 44.8 Å². The highest BCUT2D eigenvalue weighted by Gasteiger charge is 2.34. The maximum atomic E-state index is 16.0. The van der Waals surface area contributed by atoms with Crippen molar-refractivity contribution in [3.05, 3.63) is 77.1 Å². The predicted molar refractivity (Wildman–Crippen MR) is 154 cm³/mol. The molecule has 0 saturated carbocycles. The van der Waals surface area contributed by atoms with Crippen LogP contribution in [0.5, 0.6) is 5.75 Å². The summed E-state index contributed by atoms with van der Waals surface area (Å²) >= 11 is 0. The second-order valence-corrected chi connectivity index (χ2v) is 11.4. The molecule has 1 atom stereocenters. The fraction of sp³-hybridized carbons (Fsp3) is 0.375. The zero-order valence-electron chi connectivity index (χ0n) is 23.9. The lowest BCUT2D eigenvalue weighted by molar-refractivity contribution is 0.0547. The van der Waals surface area contributed by atoms with Crippen LogP contribution in [0.2, 0.25) is 0 Å². The van der Waals surface area contributed by atoms with Gasteiger partial charge < -0.3 is 19.1 Å². The van der Waals surface area contributed by atoms with Crippen LogP contribution in [0.15, 0.2) is 48.8 Å². The largest absolute Gasteiger partial charge is 0.494 e. The van der Waals surface area contributed by atoms with Gasteiger partial charge in [-0.15, -0.1) is 0 Å². The summed E-state index contributed by atoms with van der Waals surface area (Å²) in [5.74, 6) is -2.12. The molecule has 4 heterocycles. The monoisotopic (exact) mass is 560 g/mol. The molecule has 1 aliphatic rings. The number of halogens is 2. The molecule has 0 aliphatic carbocycles. The number of fused-ring (bicyclic) bond motifs is 3. The van der Waals surface area contributed by atoms with E-state index in [1.807, 2.05) is 49.2 Å². The summed E-state index contributed by atoms with van der Waals surface area (Å²) in [5.41, 5.74) is 4.98. The van der Waals surface area contributed by atoms with Gasteiger partial charge >= 0.3 is 0 Å². The number of aryl methyl sites for hydroxylation is 2. The van der Waals surface area contributed by atoms with Gasteiger partial charge in [0.25, 0.3) is 0 Å². The quantitative estimate of drug-likeness (QED) is 0.259. The fourth-order valence-corrected chi connectivity index (χ4v) is 6.24. The van der Waals surface area contributed by atoms with E-state index in [-0.39, 0.29) is 17.2 Å². The van der Waals surface area contributed by atoms with Crippen LogP contribution in [0.3, 0.4) is 0 Å². The van der Waals surface area contributed by atoms with Crippen molar-refractivity contribution < 1.29 is 23.4 Å². The fourth-order valence-electron chi connectivity index (χ4n) is 6.24.